The Labute approximate surface area is 154 Å². The summed E-state index contributed by atoms with van der Waals surface area (Å²) in [5.74, 6) is -0.956. The van der Waals surface area contributed by atoms with E-state index in [1.54, 1.807) is 6.07 Å². The topological polar surface area (TPSA) is 64.0 Å². The number of benzene rings is 2. The van der Waals surface area contributed by atoms with E-state index in [2.05, 4.69) is 10.4 Å². The second-order valence-electron chi connectivity index (χ2n) is 5.53. The molecule has 0 radical (unpaired) electrons. The third-order valence-corrected chi connectivity index (χ3v) is 4.03. The fourth-order valence-corrected chi connectivity index (χ4v) is 2.67. The van der Waals surface area contributed by atoms with E-state index in [0.29, 0.717) is 5.69 Å². The highest BCUT2D eigenvalue weighted by Crippen LogP contribution is 2.17. The van der Waals surface area contributed by atoms with Crippen LogP contribution in [0.15, 0.2) is 65.5 Å². The summed E-state index contributed by atoms with van der Waals surface area (Å²) in [5.41, 5.74) is 1.46. The third-order valence-electron chi connectivity index (χ3n) is 3.72. The Morgan fingerprint density at radius 1 is 1.12 bits per heavy atom. The fourth-order valence-electron chi connectivity index (χ4n) is 2.42. The molecule has 0 unspecified atom stereocenters. The van der Waals surface area contributed by atoms with E-state index in [-0.39, 0.29) is 29.2 Å². The Balaban J connectivity index is 1.68. The van der Waals surface area contributed by atoms with Gasteiger partial charge in [-0.25, -0.2) is 9.07 Å². The molecule has 1 N–H and O–H groups in total. The van der Waals surface area contributed by atoms with E-state index >= 15 is 0 Å². The quantitative estimate of drug-likeness (QED) is 0.749. The normalized spacial score (nSPS) is 10.5. The maximum atomic E-state index is 13.0. The van der Waals surface area contributed by atoms with Crippen LogP contribution in [0.2, 0.25) is 5.02 Å². The summed E-state index contributed by atoms with van der Waals surface area (Å²) < 4.78 is 14.3. The third kappa shape index (κ3) is 4.15. The van der Waals surface area contributed by atoms with Gasteiger partial charge in [0.25, 0.3) is 11.5 Å². The summed E-state index contributed by atoms with van der Waals surface area (Å²) in [6.07, 6.45) is 0. The number of aromatic nitrogens is 2. The molecule has 0 aliphatic carbocycles. The van der Waals surface area contributed by atoms with Crippen LogP contribution >= 0.6 is 11.6 Å². The van der Waals surface area contributed by atoms with Crippen LogP contribution in [0.4, 0.5) is 4.39 Å². The van der Waals surface area contributed by atoms with Crippen LogP contribution in [-0.2, 0) is 6.54 Å². The molecule has 132 valence electrons. The summed E-state index contributed by atoms with van der Waals surface area (Å²) >= 11 is 5.87. The summed E-state index contributed by atoms with van der Waals surface area (Å²) in [4.78, 5) is 24.1. The summed E-state index contributed by atoms with van der Waals surface area (Å²) in [5, 5.41) is 7.00. The standard InChI is InChI=1S/C19H15ClFN3O2/c20-16-12-14(21)6-7-15(16)19(26)22-10-11-24-18(25)9-8-17(23-24)13-4-2-1-3-5-13/h1-9,12H,10-11H2,(H,22,26). The van der Waals surface area contributed by atoms with Crippen molar-refractivity contribution in [1.82, 2.24) is 15.1 Å². The van der Waals surface area contributed by atoms with E-state index in [4.69, 9.17) is 11.6 Å². The number of nitrogens with zero attached hydrogens (tertiary/aromatic N) is 2. The number of rotatable bonds is 5. The molecule has 0 aliphatic heterocycles. The highest BCUT2D eigenvalue weighted by molar-refractivity contribution is 6.33. The molecule has 1 aromatic heterocycles. The van der Waals surface area contributed by atoms with Crippen LogP contribution in [0.25, 0.3) is 11.3 Å². The Bertz CT molecular complexity index is 990. The fraction of sp³-hybridized carbons (Fsp3) is 0.105. The number of amides is 1. The zero-order valence-corrected chi connectivity index (χ0v) is 14.4. The predicted octanol–water partition coefficient (Wildman–Crippen LogP) is 3.13. The molecule has 0 saturated heterocycles. The summed E-state index contributed by atoms with van der Waals surface area (Å²) in [6, 6.07) is 16.1. The Hall–Kier alpha value is -2.99. The van der Waals surface area contributed by atoms with Crippen molar-refractivity contribution in [1.29, 1.82) is 0 Å². The van der Waals surface area contributed by atoms with E-state index < -0.39 is 11.7 Å². The second-order valence-corrected chi connectivity index (χ2v) is 5.93. The van der Waals surface area contributed by atoms with Crippen LogP contribution in [0, 0.1) is 5.82 Å². The summed E-state index contributed by atoms with van der Waals surface area (Å²) in [6.45, 7) is 0.377. The largest absolute Gasteiger partial charge is 0.350 e. The molecule has 3 aromatic rings. The van der Waals surface area contributed by atoms with Crippen molar-refractivity contribution < 1.29 is 9.18 Å². The second kappa shape index (κ2) is 7.93. The van der Waals surface area contributed by atoms with Crippen molar-refractivity contribution >= 4 is 17.5 Å². The molecule has 3 rings (SSSR count). The molecule has 0 atom stereocenters. The van der Waals surface area contributed by atoms with Crippen LogP contribution in [0.3, 0.4) is 0 Å². The highest BCUT2D eigenvalue weighted by Gasteiger charge is 2.11. The van der Waals surface area contributed by atoms with Crippen molar-refractivity contribution in [2.75, 3.05) is 6.54 Å². The number of nitrogens with one attached hydrogen (secondary N) is 1. The lowest BCUT2D eigenvalue weighted by Crippen LogP contribution is -2.32. The number of hydrogen-bond acceptors (Lipinski definition) is 3. The van der Waals surface area contributed by atoms with Crippen LogP contribution in [0.5, 0.6) is 0 Å². The average Bonchev–Trinajstić information content (AvgIpc) is 2.64. The molecule has 0 aliphatic rings. The van der Waals surface area contributed by atoms with Crippen molar-refractivity contribution in [3.8, 4) is 11.3 Å². The maximum Gasteiger partial charge on any atom is 0.266 e. The molecule has 0 fully saturated rings. The van der Waals surface area contributed by atoms with Crippen LogP contribution in [-0.4, -0.2) is 22.2 Å². The zero-order chi connectivity index (χ0) is 18.5. The minimum Gasteiger partial charge on any atom is -0.350 e. The minimum absolute atomic E-state index is 0.0314. The molecule has 0 bridgehead atoms. The van der Waals surface area contributed by atoms with Gasteiger partial charge in [0.05, 0.1) is 22.8 Å². The van der Waals surface area contributed by atoms with E-state index in [1.165, 1.54) is 16.8 Å². The number of carbonyl (C=O) groups is 1. The SMILES string of the molecule is O=C(NCCn1nc(-c2ccccc2)ccc1=O)c1ccc(F)cc1Cl. The van der Waals surface area contributed by atoms with Crippen LogP contribution < -0.4 is 10.9 Å². The first-order chi connectivity index (χ1) is 12.5. The number of hydrogen-bond donors (Lipinski definition) is 1. The van der Waals surface area contributed by atoms with Gasteiger partial charge >= 0.3 is 0 Å². The molecule has 1 amide bonds. The lowest BCUT2D eigenvalue weighted by Gasteiger charge is -2.09. The zero-order valence-electron chi connectivity index (χ0n) is 13.7. The average molecular weight is 372 g/mol. The van der Waals surface area contributed by atoms with Crippen molar-refractivity contribution in [3.05, 3.63) is 87.4 Å². The van der Waals surface area contributed by atoms with E-state index in [0.717, 1.165) is 17.7 Å². The molecule has 26 heavy (non-hydrogen) atoms. The molecule has 0 saturated carbocycles. The van der Waals surface area contributed by atoms with Gasteiger partial charge in [0.2, 0.25) is 0 Å². The Morgan fingerprint density at radius 3 is 2.62 bits per heavy atom. The first-order valence-corrected chi connectivity index (χ1v) is 8.29. The van der Waals surface area contributed by atoms with Gasteiger partial charge < -0.3 is 5.32 Å². The molecule has 1 heterocycles. The molecule has 7 heteroatoms. The minimum atomic E-state index is -0.514. The van der Waals surface area contributed by atoms with Crippen LogP contribution in [0.1, 0.15) is 10.4 Å². The summed E-state index contributed by atoms with van der Waals surface area (Å²) in [7, 11) is 0. The van der Waals surface area contributed by atoms with Gasteiger partial charge in [-0.2, -0.15) is 5.10 Å². The highest BCUT2D eigenvalue weighted by atomic mass is 35.5. The molecular formula is C19H15ClFN3O2. The van der Waals surface area contributed by atoms with Gasteiger partial charge in [-0.3, -0.25) is 9.59 Å². The van der Waals surface area contributed by atoms with Crippen molar-refractivity contribution in [3.63, 3.8) is 0 Å². The van der Waals surface area contributed by atoms with Crippen molar-refractivity contribution in [2.45, 2.75) is 6.54 Å². The lowest BCUT2D eigenvalue weighted by molar-refractivity contribution is 0.0952. The molecule has 5 nitrogen and oxygen atoms in total. The Kier molecular flexibility index (Phi) is 5.43. The van der Waals surface area contributed by atoms with Gasteiger partial charge in [0.15, 0.2) is 0 Å². The van der Waals surface area contributed by atoms with Crippen molar-refractivity contribution in [2.24, 2.45) is 0 Å². The smallest absolute Gasteiger partial charge is 0.266 e. The predicted molar refractivity (Wildman–Crippen MR) is 97.7 cm³/mol. The maximum absolute atomic E-state index is 13.0. The number of halogens is 2. The number of carbonyl (C=O) groups excluding carboxylic acids is 1. The molecular weight excluding hydrogens is 357 g/mol. The molecule has 0 spiro atoms. The van der Waals surface area contributed by atoms with Gasteiger partial charge in [-0.05, 0) is 24.3 Å². The van der Waals surface area contributed by atoms with Gasteiger partial charge in [-0.1, -0.05) is 41.9 Å². The lowest BCUT2D eigenvalue weighted by atomic mass is 10.1. The Morgan fingerprint density at radius 2 is 1.88 bits per heavy atom. The molecule has 2 aromatic carbocycles. The van der Waals surface area contributed by atoms with Gasteiger partial charge in [0.1, 0.15) is 5.82 Å². The van der Waals surface area contributed by atoms with E-state index in [1.807, 2.05) is 30.3 Å². The van der Waals surface area contributed by atoms with E-state index in [9.17, 15) is 14.0 Å². The van der Waals surface area contributed by atoms with Gasteiger partial charge in [0, 0.05) is 18.2 Å². The van der Waals surface area contributed by atoms with Gasteiger partial charge in [-0.15, -0.1) is 0 Å². The first-order valence-electron chi connectivity index (χ1n) is 7.91. The first kappa shape index (κ1) is 17.8. The monoisotopic (exact) mass is 371 g/mol.